The Hall–Kier alpha value is -3.37. The van der Waals surface area contributed by atoms with Crippen molar-refractivity contribution in [3.8, 4) is 16.3 Å². The molecule has 4 rings (SSSR count). The van der Waals surface area contributed by atoms with Crippen LogP contribution in [0.1, 0.15) is 47.7 Å². The number of anilines is 1. The fourth-order valence-electron chi connectivity index (χ4n) is 4.23. The Labute approximate surface area is 213 Å². The van der Waals surface area contributed by atoms with Crippen LogP contribution >= 0.6 is 11.3 Å². The van der Waals surface area contributed by atoms with Gasteiger partial charge in [0.2, 0.25) is 5.13 Å². The summed E-state index contributed by atoms with van der Waals surface area (Å²) in [6.07, 6.45) is 1.80. The lowest BCUT2D eigenvalue weighted by atomic mass is 10.1. The minimum absolute atomic E-state index is 0.00471. The van der Waals surface area contributed by atoms with Crippen LogP contribution in [0.25, 0.3) is 10.6 Å². The standard InChI is InChI=1S/C26H29FN4O4S/c1-4-5-10-31(24(32)19-8-6-7-9-20(19)27)26-30-29-23(36-26)17-11-15(2)22(16(3)12-17)35-18-13-21(25(33)34)28-14-18/h6-9,11-12,18,21,28H,4-5,10,13-14H2,1-3H3,(H,33,34)/t18-,21-/m0/s1. The number of amides is 1. The van der Waals surface area contributed by atoms with Crippen LogP contribution in [-0.2, 0) is 4.79 Å². The number of halogens is 1. The molecule has 0 unspecified atom stereocenters. The first kappa shape index (κ1) is 25.7. The predicted molar refractivity (Wildman–Crippen MR) is 136 cm³/mol. The van der Waals surface area contributed by atoms with Crippen LogP contribution in [0.4, 0.5) is 9.52 Å². The number of aryl methyl sites for hydroxylation is 2. The summed E-state index contributed by atoms with van der Waals surface area (Å²) in [5, 5.41) is 21.8. The van der Waals surface area contributed by atoms with Crippen molar-refractivity contribution in [2.75, 3.05) is 18.0 Å². The number of carboxylic acid groups (broad SMARTS) is 1. The second-order valence-electron chi connectivity index (χ2n) is 8.89. The summed E-state index contributed by atoms with van der Waals surface area (Å²) >= 11 is 1.28. The van der Waals surface area contributed by atoms with Crippen molar-refractivity contribution in [3.05, 3.63) is 58.9 Å². The molecule has 0 bridgehead atoms. The molecule has 1 saturated heterocycles. The van der Waals surface area contributed by atoms with Crippen LogP contribution in [0.15, 0.2) is 36.4 Å². The molecule has 0 spiro atoms. The minimum Gasteiger partial charge on any atom is -0.488 e. The van der Waals surface area contributed by atoms with Gasteiger partial charge in [-0.15, -0.1) is 10.2 Å². The molecule has 0 radical (unpaired) electrons. The number of aliphatic carboxylic acids is 1. The Morgan fingerprint density at radius 3 is 2.58 bits per heavy atom. The molecule has 2 atom stereocenters. The van der Waals surface area contributed by atoms with Crippen LogP contribution in [-0.4, -0.2) is 52.4 Å². The topological polar surface area (TPSA) is 105 Å². The van der Waals surface area contributed by atoms with Crippen LogP contribution in [0.5, 0.6) is 5.75 Å². The number of aromatic nitrogens is 2. The van der Waals surface area contributed by atoms with Crippen LogP contribution in [0, 0.1) is 19.7 Å². The summed E-state index contributed by atoms with van der Waals surface area (Å²) in [6.45, 7) is 6.77. The van der Waals surface area contributed by atoms with E-state index in [2.05, 4.69) is 15.5 Å². The second kappa shape index (κ2) is 11.1. The molecule has 190 valence electrons. The lowest BCUT2D eigenvalue weighted by molar-refractivity contribution is -0.139. The Kier molecular flexibility index (Phi) is 7.95. The van der Waals surface area contributed by atoms with E-state index in [9.17, 15) is 19.1 Å². The molecule has 2 aromatic carbocycles. The first-order valence-electron chi connectivity index (χ1n) is 11.9. The Morgan fingerprint density at radius 1 is 1.22 bits per heavy atom. The fourth-order valence-corrected chi connectivity index (χ4v) is 5.09. The number of carboxylic acids is 1. The zero-order valence-corrected chi connectivity index (χ0v) is 21.3. The van der Waals surface area contributed by atoms with E-state index in [1.54, 1.807) is 12.1 Å². The zero-order valence-electron chi connectivity index (χ0n) is 20.5. The summed E-state index contributed by atoms with van der Waals surface area (Å²) in [7, 11) is 0. The molecule has 1 fully saturated rings. The van der Waals surface area contributed by atoms with Gasteiger partial charge in [0.15, 0.2) is 0 Å². The van der Waals surface area contributed by atoms with Crippen molar-refractivity contribution in [2.24, 2.45) is 0 Å². The van der Waals surface area contributed by atoms with Gasteiger partial charge in [0.25, 0.3) is 5.91 Å². The molecule has 2 heterocycles. The largest absolute Gasteiger partial charge is 0.488 e. The maximum absolute atomic E-state index is 14.3. The highest BCUT2D eigenvalue weighted by Gasteiger charge is 2.31. The smallest absolute Gasteiger partial charge is 0.320 e. The van der Waals surface area contributed by atoms with Crippen molar-refractivity contribution in [1.29, 1.82) is 0 Å². The third-order valence-corrected chi connectivity index (χ3v) is 7.11. The molecular formula is C26H29FN4O4S. The van der Waals surface area contributed by atoms with Gasteiger partial charge in [-0.2, -0.15) is 0 Å². The summed E-state index contributed by atoms with van der Waals surface area (Å²) in [6, 6.07) is 9.23. The maximum Gasteiger partial charge on any atom is 0.320 e. The summed E-state index contributed by atoms with van der Waals surface area (Å²) in [4.78, 5) is 25.9. The quantitative estimate of drug-likeness (QED) is 0.432. The highest BCUT2D eigenvalue weighted by atomic mass is 32.1. The van der Waals surface area contributed by atoms with E-state index in [-0.39, 0.29) is 11.7 Å². The molecule has 1 amide bonds. The van der Waals surface area contributed by atoms with E-state index in [0.717, 1.165) is 35.3 Å². The fraction of sp³-hybridized carbons (Fsp3) is 0.385. The van der Waals surface area contributed by atoms with E-state index in [1.807, 2.05) is 32.9 Å². The number of carbonyl (C=O) groups is 2. The van der Waals surface area contributed by atoms with E-state index in [1.165, 1.54) is 28.4 Å². The Bertz CT molecular complexity index is 1240. The summed E-state index contributed by atoms with van der Waals surface area (Å²) < 4.78 is 20.5. The number of nitrogens with zero attached hydrogens (tertiary/aromatic N) is 3. The summed E-state index contributed by atoms with van der Waals surface area (Å²) in [5.41, 5.74) is 2.63. The molecule has 10 heteroatoms. The normalized spacial score (nSPS) is 17.2. The van der Waals surface area contributed by atoms with Gasteiger partial charge in [0.05, 0.1) is 5.56 Å². The van der Waals surface area contributed by atoms with Gasteiger partial charge < -0.3 is 15.2 Å². The van der Waals surface area contributed by atoms with Gasteiger partial charge in [0.1, 0.15) is 28.7 Å². The molecule has 1 aliphatic heterocycles. The van der Waals surface area contributed by atoms with Crippen LogP contribution in [0.2, 0.25) is 0 Å². The van der Waals surface area contributed by atoms with Crippen molar-refractivity contribution in [2.45, 2.75) is 52.2 Å². The Morgan fingerprint density at radius 2 is 1.94 bits per heavy atom. The Balaban J connectivity index is 1.56. The zero-order chi connectivity index (χ0) is 25.8. The molecular weight excluding hydrogens is 483 g/mol. The summed E-state index contributed by atoms with van der Waals surface area (Å²) in [5.74, 6) is -1.16. The van der Waals surface area contributed by atoms with Crippen molar-refractivity contribution in [1.82, 2.24) is 15.5 Å². The van der Waals surface area contributed by atoms with Gasteiger partial charge in [-0.3, -0.25) is 14.5 Å². The first-order valence-corrected chi connectivity index (χ1v) is 12.7. The lowest BCUT2D eigenvalue weighted by Gasteiger charge is -2.19. The van der Waals surface area contributed by atoms with Gasteiger partial charge >= 0.3 is 5.97 Å². The van der Waals surface area contributed by atoms with E-state index < -0.39 is 23.7 Å². The first-order chi connectivity index (χ1) is 17.3. The number of unbranched alkanes of at least 4 members (excludes halogenated alkanes) is 1. The van der Waals surface area contributed by atoms with E-state index in [4.69, 9.17) is 4.74 Å². The molecule has 0 aliphatic carbocycles. The van der Waals surface area contributed by atoms with Gasteiger partial charge in [-0.05, 0) is 55.7 Å². The van der Waals surface area contributed by atoms with Gasteiger partial charge in [-0.25, -0.2) is 4.39 Å². The number of rotatable bonds is 9. The van der Waals surface area contributed by atoms with Crippen molar-refractivity contribution >= 4 is 28.3 Å². The van der Waals surface area contributed by atoms with E-state index >= 15 is 0 Å². The number of nitrogens with one attached hydrogen (secondary N) is 1. The second-order valence-corrected chi connectivity index (χ2v) is 9.85. The highest BCUT2D eigenvalue weighted by Crippen LogP contribution is 2.35. The molecule has 8 nitrogen and oxygen atoms in total. The maximum atomic E-state index is 14.3. The van der Waals surface area contributed by atoms with Crippen LogP contribution in [0.3, 0.4) is 0 Å². The lowest BCUT2D eigenvalue weighted by Crippen LogP contribution is -2.32. The molecule has 1 aliphatic rings. The van der Waals surface area contributed by atoms with Gasteiger partial charge in [-0.1, -0.05) is 36.8 Å². The SMILES string of the molecule is CCCCN(C(=O)c1ccccc1F)c1nnc(-c2cc(C)c(O[C@@H]3CN[C@H](C(=O)O)C3)c(C)c2)s1. The molecule has 2 N–H and O–H groups in total. The monoisotopic (exact) mass is 512 g/mol. The number of carbonyl (C=O) groups excluding carboxylic acids is 1. The minimum atomic E-state index is -0.876. The molecule has 1 aromatic heterocycles. The predicted octanol–water partition coefficient (Wildman–Crippen LogP) is 4.60. The average Bonchev–Trinajstić information content (AvgIpc) is 3.52. The molecule has 0 saturated carbocycles. The van der Waals surface area contributed by atoms with E-state index in [0.29, 0.717) is 29.6 Å². The molecule has 36 heavy (non-hydrogen) atoms. The van der Waals surface area contributed by atoms with Crippen molar-refractivity contribution < 1.29 is 23.8 Å². The number of hydrogen-bond donors (Lipinski definition) is 2. The van der Waals surface area contributed by atoms with Crippen molar-refractivity contribution in [3.63, 3.8) is 0 Å². The van der Waals surface area contributed by atoms with Crippen LogP contribution < -0.4 is 15.0 Å². The average molecular weight is 513 g/mol. The highest BCUT2D eigenvalue weighted by molar-refractivity contribution is 7.18. The molecule has 3 aromatic rings. The third-order valence-electron chi connectivity index (χ3n) is 6.11. The number of benzene rings is 2. The third kappa shape index (κ3) is 5.55. The number of ether oxygens (including phenoxy) is 1. The number of hydrogen-bond acceptors (Lipinski definition) is 7. The van der Waals surface area contributed by atoms with Gasteiger partial charge in [0, 0.05) is 25.1 Å².